The molecule has 0 radical (unpaired) electrons. The van der Waals surface area contributed by atoms with Crippen LogP contribution < -0.4 is 3.58 Å². The second-order valence-corrected chi connectivity index (χ2v) is 21.2. The van der Waals surface area contributed by atoms with Gasteiger partial charge in [-0.3, -0.25) is 0 Å². The second kappa shape index (κ2) is 9.90. The number of aryl methyl sites for hydroxylation is 1. The molecule has 0 saturated carbocycles. The average Bonchev–Trinajstić information content (AvgIpc) is 3.11. The first kappa shape index (κ1) is 22.9. The van der Waals surface area contributed by atoms with Crippen molar-refractivity contribution in [2.24, 2.45) is 0 Å². The van der Waals surface area contributed by atoms with Crippen molar-refractivity contribution in [1.82, 2.24) is 8.75 Å². The summed E-state index contributed by atoms with van der Waals surface area (Å²) < 4.78 is 54.8. The van der Waals surface area contributed by atoms with E-state index in [4.69, 9.17) is 0 Å². The number of hydrogen-bond acceptors (Lipinski definition) is 3. The summed E-state index contributed by atoms with van der Waals surface area (Å²) >= 11 is -2.26. The zero-order valence-electron chi connectivity index (χ0n) is 16.9. The Morgan fingerprint density at radius 1 is 0.889 bits per heavy atom. The summed E-state index contributed by atoms with van der Waals surface area (Å²) in [5.74, 6) is 0. The van der Waals surface area contributed by atoms with Crippen LogP contribution in [0, 0.1) is 6.92 Å². The van der Waals surface area contributed by atoms with Crippen LogP contribution >= 0.6 is 11.7 Å². The molecule has 0 spiro atoms. The van der Waals surface area contributed by atoms with Gasteiger partial charge >= 0.3 is 170 Å². The van der Waals surface area contributed by atoms with E-state index in [0.29, 0.717) is 20.2 Å². The molecule has 2 rings (SSSR count). The summed E-state index contributed by atoms with van der Waals surface area (Å²) in [6.07, 6.45) is 1.83. The third-order valence-corrected chi connectivity index (χ3v) is 21.8. The molecule has 0 amide bonds. The Hall–Kier alpha value is -0.371. The summed E-state index contributed by atoms with van der Waals surface area (Å²) in [5.41, 5.74) is 1.45. The fourth-order valence-electron chi connectivity index (χ4n) is 4.15. The molecule has 27 heavy (non-hydrogen) atoms. The van der Waals surface area contributed by atoms with Crippen molar-refractivity contribution < 1.29 is 13.2 Å². The first-order chi connectivity index (χ1) is 12.8. The van der Waals surface area contributed by atoms with E-state index in [9.17, 15) is 13.2 Å². The van der Waals surface area contributed by atoms with Gasteiger partial charge in [0.1, 0.15) is 0 Å². The van der Waals surface area contributed by atoms with Crippen molar-refractivity contribution in [2.75, 3.05) is 0 Å². The summed E-state index contributed by atoms with van der Waals surface area (Å²) in [4.78, 5) is 0. The van der Waals surface area contributed by atoms with Crippen molar-refractivity contribution >= 4 is 44.7 Å². The van der Waals surface area contributed by atoms with Crippen LogP contribution in [0.15, 0.2) is 6.07 Å². The van der Waals surface area contributed by atoms with E-state index in [0.717, 1.165) is 63.6 Å². The van der Waals surface area contributed by atoms with Crippen molar-refractivity contribution in [3.05, 3.63) is 17.2 Å². The molecule has 0 N–H and O–H groups in total. The number of nitrogens with zero attached hydrogens (tertiary/aromatic N) is 2. The number of benzene rings is 1. The molecule has 0 aliphatic heterocycles. The van der Waals surface area contributed by atoms with Gasteiger partial charge in [-0.05, 0) is 0 Å². The molecule has 2 nitrogen and oxygen atoms in total. The topological polar surface area (TPSA) is 25.8 Å². The standard InChI is InChI=1S/C8H4F3N2S.3C4H9.Sn/c1-4-2-5(8(9,10)11)3-6-7(4)13-14-12-6;3*1-3-4-2;/h2H,1H3;3*1,3-4H2,2H3;. The molecule has 0 saturated heterocycles. The quantitative estimate of drug-likeness (QED) is 0.322. The Bertz CT molecular complexity index is 721. The molecule has 0 unspecified atom stereocenters. The predicted octanol–water partition coefficient (Wildman–Crippen LogP) is 7.07. The molecule has 1 aromatic carbocycles. The second-order valence-electron chi connectivity index (χ2n) is 7.67. The fraction of sp³-hybridized carbons (Fsp3) is 0.700. The van der Waals surface area contributed by atoms with Gasteiger partial charge in [0.2, 0.25) is 0 Å². The Kier molecular flexibility index (Phi) is 8.40. The van der Waals surface area contributed by atoms with Crippen molar-refractivity contribution in [3.63, 3.8) is 0 Å². The van der Waals surface area contributed by atoms with E-state index in [2.05, 4.69) is 29.5 Å². The fourth-order valence-corrected chi connectivity index (χ4v) is 22.3. The number of unbranched alkanes of at least 4 members (excludes halogenated alkanes) is 3. The molecular weight excluding hydrogens is 476 g/mol. The molecule has 152 valence electrons. The van der Waals surface area contributed by atoms with Gasteiger partial charge in [0.15, 0.2) is 0 Å². The van der Waals surface area contributed by atoms with Crippen LogP contribution in [0.5, 0.6) is 0 Å². The Morgan fingerprint density at radius 2 is 1.37 bits per heavy atom. The van der Waals surface area contributed by atoms with E-state index < -0.39 is 30.1 Å². The Labute approximate surface area is 169 Å². The Balaban J connectivity index is 2.80. The molecular formula is C20H31F3N2SSn. The molecule has 0 atom stereocenters. The van der Waals surface area contributed by atoms with E-state index in [1.165, 1.54) is 6.07 Å². The molecule has 0 aliphatic carbocycles. The number of alkyl halides is 3. The number of aromatic nitrogens is 2. The zero-order chi connectivity index (χ0) is 20.1. The molecule has 1 heterocycles. The van der Waals surface area contributed by atoms with Crippen molar-refractivity contribution in [3.8, 4) is 0 Å². The van der Waals surface area contributed by atoms with Crippen LogP contribution in [-0.4, -0.2) is 27.1 Å². The molecule has 1 aromatic heterocycles. The van der Waals surface area contributed by atoms with Crippen molar-refractivity contribution in [2.45, 2.75) is 85.7 Å². The van der Waals surface area contributed by atoms with Crippen LogP contribution in [-0.2, 0) is 6.18 Å². The summed E-state index contributed by atoms with van der Waals surface area (Å²) in [6.45, 7) is 8.13. The first-order valence-electron chi connectivity index (χ1n) is 10.1. The Morgan fingerprint density at radius 3 is 1.81 bits per heavy atom. The number of fused-ring (bicyclic) bond motifs is 1. The molecule has 0 aliphatic rings. The first-order valence-corrected chi connectivity index (χ1v) is 18.4. The third kappa shape index (κ3) is 5.17. The zero-order valence-corrected chi connectivity index (χ0v) is 20.5. The van der Waals surface area contributed by atoms with Crippen LogP contribution in [0.25, 0.3) is 11.0 Å². The molecule has 7 heteroatoms. The maximum absolute atomic E-state index is 14.1. The predicted molar refractivity (Wildman–Crippen MR) is 112 cm³/mol. The van der Waals surface area contributed by atoms with Gasteiger partial charge in [0.25, 0.3) is 0 Å². The van der Waals surface area contributed by atoms with Crippen LogP contribution in [0.1, 0.15) is 70.4 Å². The molecule has 2 aromatic rings. The van der Waals surface area contributed by atoms with Crippen LogP contribution in [0.4, 0.5) is 13.2 Å². The van der Waals surface area contributed by atoms with E-state index >= 15 is 0 Å². The minimum absolute atomic E-state index is 0.403. The van der Waals surface area contributed by atoms with Gasteiger partial charge in [-0.1, -0.05) is 0 Å². The van der Waals surface area contributed by atoms with Gasteiger partial charge in [-0.25, -0.2) is 0 Å². The maximum atomic E-state index is 14.1. The number of halogens is 3. The molecule has 0 bridgehead atoms. The summed E-state index contributed by atoms with van der Waals surface area (Å²) in [6, 6.07) is 1.36. The van der Waals surface area contributed by atoms with Gasteiger partial charge in [-0.2, -0.15) is 0 Å². The summed E-state index contributed by atoms with van der Waals surface area (Å²) in [7, 11) is 0. The van der Waals surface area contributed by atoms with E-state index in [1.54, 1.807) is 6.92 Å². The normalized spacial score (nSPS) is 12.9. The van der Waals surface area contributed by atoms with Crippen LogP contribution in [0.2, 0.25) is 13.3 Å². The number of rotatable bonds is 10. The van der Waals surface area contributed by atoms with E-state index in [1.807, 2.05) is 0 Å². The average molecular weight is 507 g/mol. The van der Waals surface area contributed by atoms with E-state index in [-0.39, 0.29) is 0 Å². The molecule has 0 fully saturated rings. The van der Waals surface area contributed by atoms with Crippen LogP contribution in [0.3, 0.4) is 0 Å². The number of hydrogen-bond donors (Lipinski definition) is 0. The third-order valence-electron chi connectivity index (χ3n) is 5.59. The minimum atomic E-state index is -4.33. The van der Waals surface area contributed by atoms with Gasteiger partial charge < -0.3 is 0 Å². The van der Waals surface area contributed by atoms with Crippen molar-refractivity contribution in [1.29, 1.82) is 0 Å². The van der Waals surface area contributed by atoms with Gasteiger partial charge in [-0.15, -0.1) is 0 Å². The van der Waals surface area contributed by atoms with Gasteiger partial charge in [0, 0.05) is 0 Å². The summed E-state index contributed by atoms with van der Waals surface area (Å²) in [5, 5.41) is 0. The van der Waals surface area contributed by atoms with Gasteiger partial charge in [0.05, 0.1) is 0 Å². The monoisotopic (exact) mass is 508 g/mol. The SMILES string of the molecule is CCC[CH2][Sn]([CH2]CCC)([CH2]CCC)[c]1c(C(F)(F)F)cc(C)c2nsnc12.